The van der Waals surface area contributed by atoms with E-state index in [1.165, 1.54) is 18.3 Å². The molecule has 2 fully saturated rings. The smallest absolute Gasteiger partial charge is 0.387 e. The van der Waals surface area contributed by atoms with Crippen LogP contribution < -0.4 is 15.4 Å². The SMILES string of the molecule is Cl.O=C(NC1CC2CCC(C1)N2)c1cn[nH]c1-c1cccc(OC(F)F)c1. The average molecular weight is 399 g/mol. The predicted molar refractivity (Wildman–Crippen MR) is 98.3 cm³/mol. The second-order valence-corrected chi connectivity index (χ2v) is 6.84. The summed E-state index contributed by atoms with van der Waals surface area (Å²) in [5, 5.41) is 13.4. The summed E-state index contributed by atoms with van der Waals surface area (Å²) in [6.45, 7) is -2.90. The monoisotopic (exact) mass is 398 g/mol. The zero-order valence-corrected chi connectivity index (χ0v) is 15.3. The number of aromatic amines is 1. The van der Waals surface area contributed by atoms with Gasteiger partial charge in [-0.2, -0.15) is 13.9 Å². The van der Waals surface area contributed by atoms with Crippen molar-refractivity contribution in [3.63, 3.8) is 0 Å². The third-order valence-electron chi connectivity index (χ3n) is 5.04. The molecule has 146 valence electrons. The molecule has 0 aliphatic carbocycles. The van der Waals surface area contributed by atoms with Gasteiger partial charge in [0.2, 0.25) is 0 Å². The Balaban J connectivity index is 0.00000210. The molecule has 3 N–H and O–H groups in total. The highest BCUT2D eigenvalue weighted by atomic mass is 35.5. The quantitative estimate of drug-likeness (QED) is 0.723. The van der Waals surface area contributed by atoms with Crippen LogP contribution >= 0.6 is 12.4 Å². The highest BCUT2D eigenvalue weighted by Gasteiger charge is 2.34. The van der Waals surface area contributed by atoms with Gasteiger partial charge in [-0.25, -0.2) is 0 Å². The Morgan fingerprint density at radius 2 is 2.00 bits per heavy atom. The summed E-state index contributed by atoms with van der Waals surface area (Å²) in [5.74, 6) is -0.173. The Bertz CT molecular complexity index is 789. The number of ether oxygens (including phenoxy) is 1. The third-order valence-corrected chi connectivity index (χ3v) is 5.04. The molecule has 4 rings (SSSR count). The van der Waals surface area contributed by atoms with Crippen molar-refractivity contribution in [1.82, 2.24) is 20.8 Å². The number of alkyl halides is 2. The van der Waals surface area contributed by atoms with Crippen LogP contribution in [0.15, 0.2) is 30.5 Å². The molecule has 2 saturated heterocycles. The molecular formula is C18H21ClF2N4O2. The van der Waals surface area contributed by atoms with Gasteiger partial charge in [0.15, 0.2) is 0 Å². The first kappa shape index (κ1) is 19.6. The number of nitrogens with one attached hydrogen (secondary N) is 3. The molecule has 1 aromatic heterocycles. The summed E-state index contributed by atoms with van der Waals surface area (Å²) in [7, 11) is 0. The van der Waals surface area contributed by atoms with E-state index in [2.05, 4.69) is 25.6 Å². The zero-order valence-electron chi connectivity index (χ0n) is 14.5. The van der Waals surface area contributed by atoms with Crippen LogP contribution in [0.4, 0.5) is 8.78 Å². The summed E-state index contributed by atoms with van der Waals surface area (Å²) in [6.07, 6.45) is 5.62. The Kier molecular flexibility index (Phi) is 5.96. The second kappa shape index (κ2) is 8.22. The number of hydrogen-bond donors (Lipinski definition) is 3. The number of piperidine rings is 1. The molecule has 3 heterocycles. The average Bonchev–Trinajstić information content (AvgIpc) is 3.21. The summed E-state index contributed by atoms with van der Waals surface area (Å²) in [6, 6.07) is 7.31. The molecular weight excluding hydrogens is 378 g/mol. The summed E-state index contributed by atoms with van der Waals surface area (Å²) in [4.78, 5) is 12.7. The first-order chi connectivity index (χ1) is 12.6. The Labute approximate surface area is 161 Å². The van der Waals surface area contributed by atoms with Crippen LogP contribution in [0.1, 0.15) is 36.0 Å². The van der Waals surface area contributed by atoms with Crippen molar-refractivity contribution in [2.24, 2.45) is 0 Å². The number of carbonyl (C=O) groups is 1. The van der Waals surface area contributed by atoms with E-state index in [1.54, 1.807) is 12.1 Å². The number of nitrogens with zero attached hydrogens (tertiary/aromatic N) is 1. The number of amides is 1. The molecule has 1 aromatic carbocycles. The molecule has 27 heavy (non-hydrogen) atoms. The van der Waals surface area contributed by atoms with E-state index in [1.807, 2.05) is 0 Å². The molecule has 6 nitrogen and oxygen atoms in total. The lowest BCUT2D eigenvalue weighted by molar-refractivity contribution is -0.0498. The van der Waals surface area contributed by atoms with Gasteiger partial charge >= 0.3 is 6.61 Å². The normalized spacial score (nSPS) is 23.7. The maximum Gasteiger partial charge on any atom is 0.387 e. The van der Waals surface area contributed by atoms with Crippen molar-refractivity contribution >= 4 is 18.3 Å². The topological polar surface area (TPSA) is 79.0 Å². The summed E-state index contributed by atoms with van der Waals surface area (Å²) >= 11 is 0. The number of halogens is 3. The molecule has 2 aliphatic heterocycles. The molecule has 2 aromatic rings. The molecule has 2 bridgehead atoms. The van der Waals surface area contributed by atoms with Crippen LogP contribution in [0.3, 0.4) is 0 Å². The van der Waals surface area contributed by atoms with Crippen molar-refractivity contribution in [3.8, 4) is 17.0 Å². The van der Waals surface area contributed by atoms with Crippen molar-refractivity contribution < 1.29 is 18.3 Å². The fourth-order valence-electron chi connectivity index (χ4n) is 3.94. The second-order valence-electron chi connectivity index (χ2n) is 6.84. The van der Waals surface area contributed by atoms with Gasteiger partial charge in [0.1, 0.15) is 5.75 Å². The number of fused-ring (bicyclic) bond motifs is 2. The van der Waals surface area contributed by atoms with Gasteiger partial charge in [-0.1, -0.05) is 12.1 Å². The van der Waals surface area contributed by atoms with Crippen molar-refractivity contribution in [2.75, 3.05) is 0 Å². The number of carbonyl (C=O) groups excluding carboxylic acids is 1. The molecule has 2 unspecified atom stereocenters. The number of aromatic nitrogens is 2. The Morgan fingerprint density at radius 1 is 1.26 bits per heavy atom. The van der Waals surface area contributed by atoms with Crippen LogP contribution in [0.5, 0.6) is 5.75 Å². The maximum absolute atomic E-state index is 12.7. The molecule has 1 amide bonds. The van der Waals surface area contributed by atoms with E-state index < -0.39 is 6.61 Å². The van der Waals surface area contributed by atoms with Crippen molar-refractivity contribution in [3.05, 3.63) is 36.0 Å². The molecule has 0 radical (unpaired) electrons. The minimum absolute atomic E-state index is 0. The minimum Gasteiger partial charge on any atom is -0.435 e. The van der Waals surface area contributed by atoms with Crippen LogP contribution in [-0.4, -0.2) is 40.8 Å². The molecule has 0 spiro atoms. The van der Waals surface area contributed by atoms with E-state index in [4.69, 9.17) is 0 Å². The minimum atomic E-state index is -2.90. The third kappa shape index (κ3) is 4.39. The number of hydrogen-bond acceptors (Lipinski definition) is 4. The van der Waals surface area contributed by atoms with Gasteiger partial charge in [0.25, 0.3) is 5.91 Å². The van der Waals surface area contributed by atoms with Gasteiger partial charge in [-0.3, -0.25) is 9.89 Å². The van der Waals surface area contributed by atoms with E-state index >= 15 is 0 Å². The molecule has 0 saturated carbocycles. The van der Waals surface area contributed by atoms with Gasteiger partial charge in [0.05, 0.1) is 17.5 Å². The lowest BCUT2D eigenvalue weighted by Crippen LogP contribution is -2.48. The fourth-order valence-corrected chi connectivity index (χ4v) is 3.94. The van der Waals surface area contributed by atoms with Crippen LogP contribution in [0.2, 0.25) is 0 Å². The number of rotatable bonds is 5. The zero-order chi connectivity index (χ0) is 18.1. The van der Waals surface area contributed by atoms with Crippen molar-refractivity contribution in [1.29, 1.82) is 0 Å². The largest absolute Gasteiger partial charge is 0.435 e. The predicted octanol–water partition coefficient (Wildman–Crippen LogP) is 3.11. The lowest BCUT2D eigenvalue weighted by atomic mass is 9.99. The molecule has 9 heteroatoms. The maximum atomic E-state index is 12.7. The molecule has 2 atom stereocenters. The Morgan fingerprint density at radius 3 is 2.70 bits per heavy atom. The highest BCUT2D eigenvalue weighted by Crippen LogP contribution is 2.28. The van der Waals surface area contributed by atoms with Gasteiger partial charge < -0.3 is 15.4 Å². The van der Waals surface area contributed by atoms with E-state index in [0.717, 1.165) is 25.7 Å². The fraction of sp³-hybridized carbons (Fsp3) is 0.444. The van der Waals surface area contributed by atoms with Crippen LogP contribution in [0, 0.1) is 0 Å². The first-order valence-corrected chi connectivity index (χ1v) is 8.74. The van der Waals surface area contributed by atoms with E-state index in [-0.39, 0.29) is 30.1 Å². The summed E-state index contributed by atoms with van der Waals surface area (Å²) in [5.41, 5.74) is 1.44. The lowest BCUT2D eigenvalue weighted by Gasteiger charge is -2.29. The first-order valence-electron chi connectivity index (χ1n) is 8.74. The van der Waals surface area contributed by atoms with E-state index in [0.29, 0.717) is 28.9 Å². The number of H-pyrrole nitrogens is 1. The summed E-state index contributed by atoms with van der Waals surface area (Å²) < 4.78 is 29.3. The Hall–Kier alpha value is -2.19. The van der Waals surface area contributed by atoms with E-state index in [9.17, 15) is 13.6 Å². The standard InChI is InChI=1S/C18H20F2N4O2.ClH/c19-18(20)26-14-3-1-2-10(6-14)16-15(9-21-24-16)17(25)23-13-7-11-4-5-12(8-13)22-11;/h1-3,6,9,11-13,18,22H,4-5,7-8H2,(H,21,24)(H,23,25);1H. The van der Waals surface area contributed by atoms with Gasteiger partial charge in [-0.05, 0) is 37.8 Å². The molecule has 2 aliphatic rings. The van der Waals surface area contributed by atoms with Crippen molar-refractivity contribution in [2.45, 2.75) is 50.4 Å². The van der Waals surface area contributed by atoms with Gasteiger partial charge in [0, 0.05) is 23.7 Å². The van der Waals surface area contributed by atoms with Gasteiger partial charge in [-0.15, -0.1) is 12.4 Å². The van der Waals surface area contributed by atoms with Crippen LogP contribution in [-0.2, 0) is 0 Å². The number of benzene rings is 1. The van der Waals surface area contributed by atoms with Crippen LogP contribution in [0.25, 0.3) is 11.3 Å². The highest BCUT2D eigenvalue weighted by molar-refractivity contribution is 6.00.